The number of nitrogens with zero attached hydrogens (tertiary/aromatic N) is 3. The summed E-state index contributed by atoms with van der Waals surface area (Å²) in [5, 5.41) is 8.92. The number of benzene rings is 1. The molecule has 0 aliphatic rings. The molecule has 0 amide bonds. The van der Waals surface area contributed by atoms with Crippen LogP contribution in [0.15, 0.2) is 30.3 Å². The number of aromatic nitrogens is 3. The first-order valence-corrected chi connectivity index (χ1v) is 7.72. The molecular weight excluding hydrogens is 254 g/mol. The van der Waals surface area contributed by atoms with Crippen LogP contribution in [0.3, 0.4) is 0 Å². The van der Waals surface area contributed by atoms with Gasteiger partial charge in [-0.05, 0) is 25.3 Å². The van der Waals surface area contributed by atoms with E-state index < -0.39 is 0 Å². The van der Waals surface area contributed by atoms with Gasteiger partial charge in [-0.2, -0.15) is 11.8 Å². The van der Waals surface area contributed by atoms with Gasteiger partial charge in [0, 0.05) is 12.3 Å². The average molecular weight is 275 g/mol. The fraction of sp³-hybridized carbons (Fsp3) is 0.467. The van der Waals surface area contributed by atoms with Crippen molar-refractivity contribution in [2.45, 2.75) is 37.7 Å². The second-order valence-corrected chi connectivity index (χ2v) is 6.30. The van der Waals surface area contributed by atoms with Crippen LogP contribution in [0.25, 0.3) is 0 Å². The molecule has 0 fully saturated rings. The third kappa shape index (κ3) is 4.10. The molecule has 0 spiro atoms. The fourth-order valence-corrected chi connectivity index (χ4v) is 2.86. The highest BCUT2D eigenvalue weighted by molar-refractivity contribution is 7.99. The molecule has 0 aliphatic carbocycles. The Morgan fingerprint density at radius 3 is 2.58 bits per heavy atom. The summed E-state index contributed by atoms with van der Waals surface area (Å²) in [7, 11) is 2.03. The molecule has 2 rings (SSSR count). The first kappa shape index (κ1) is 14.1. The zero-order valence-corrected chi connectivity index (χ0v) is 12.7. The van der Waals surface area contributed by atoms with E-state index in [0.717, 1.165) is 23.8 Å². The quantitative estimate of drug-likeness (QED) is 0.809. The van der Waals surface area contributed by atoms with E-state index in [2.05, 4.69) is 52.0 Å². The van der Waals surface area contributed by atoms with Gasteiger partial charge in [0.2, 0.25) is 0 Å². The van der Waals surface area contributed by atoms with Gasteiger partial charge in [0.15, 0.2) is 0 Å². The van der Waals surface area contributed by atoms with E-state index >= 15 is 0 Å². The van der Waals surface area contributed by atoms with Crippen LogP contribution in [-0.2, 0) is 19.2 Å². The summed E-state index contributed by atoms with van der Waals surface area (Å²) in [6, 6.07) is 10.7. The molecule has 0 bridgehead atoms. The third-order valence-electron chi connectivity index (χ3n) is 3.36. The van der Waals surface area contributed by atoms with Gasteiger partial charge in [-0.1, -0.05) is 37.3 Å². The predicted molar refractivity (Wildman–Crippen MR) is 81.3 cm³/mol. The highest BCUT2D eigenvalue weighted by Crippen LogP contribution is 2.20. The molecule has 102 valence electrons. The van der Waals surface area contributed by atoms with Crippen LogP contribution in [-0.4, -0.2) is 20.0 Å². The van der Waals surface area contributed by atoms with Crippen molar-refractivity contribution in [1.82, 2.24) is 14.8 Å². The average Bonchev–Trinajstić information content (AvgIpc) is 2.75. The number of hydrogen-bond acceptors (Lipinski definition) is 3. The Balaban J connectivity index is 1.76. The lowest BCUT2D eigenvalue weighted by Gasteiger charge is -2.10. The molecule has 1 atom stereocenters. The summed E-state index contributed by atoms with van der Waals surface area (Å²) in [6.07, 6.45) is 2.35. The van der Waals surface area contributed by atoms with Crippen molar-refractivity contribution in [3.63, 3.8) is 0 Å². The van der Waals surface area contributed by atoms with E-state index in [9.17, 15) is 0 Å². The van der Waals surface area contributed by atoms with E-state index in [0.29, 0.717) is 5.25 Å². The van der Waals surface area contributed by atoms with Crippen LogP contribution >= 0.6 is 11.8 Å². The minimum atomic E-state index is 0.636. The maximum absolute atomic E-state index is 4.20. The minimum Gasteiger partial charge on any atom is -0.318 e. The second-order valence-electron chi connectivity index (χ2n) is 4.87. The highest BCUT2D eigenvalue weighted by atomic mass is 32.2. The molecule has 2 aromatic rings. The lowest BCUT2D eigenvalue weighted by molar-refractivity contribution is 0.798. The van der Waals surface area contributed by atoms with Gasteiger partial charge in [0.25, 0.3) is 0 Å². The lowest BCUT2D eigenvalue weighted by atomic mass is 10.1. The summed E-state index contributed by atoms with van der Waals surface area (Å²) >= 11 is 1.95. The van der Waals surface area contributed by atoms with Gasteiger partial charge in [-0.15, -0.1) is 10.2 Å². The Morgan fingerprint density at radius 2 is 1.95 bits per heavy atom. The summed E-state index contributed by atoms with van der Waals surface area (Å²) in [6.45, 7) is 4.27. The zero-order valence-electron chi connectivity index (χ0n) is 11.8. The van der Waals surface area contributed by atoms with Crippen molar-refractivity contribution < 1.29 is 0 Å². The molecule has 1 aromatic carbocycles. The van der Waals surface area contributed by atoms with Gasteiger partial charge in [-0.3, -0.25) is 0 Å². The molecule has 1 aromatic heterocycles. The van der Waals surface area contributed by atoms with Crippen LogP contribution in [0.4, 0.5) is 0 Å². The van der Waals surface area contributed by atoms with E-state index in [1.54, 1.807) is 0 Å². The molecule has 4 heteroatoms. The van der Waals surface area contributed by atoms with Crippen molar-refractivity contribution in [1.29, 1.82) is 0 Å². The Bertz CT molecular complexity index is 507. The molecule has 19 heavy (non-hydrogen) atoms. The van der Waals surface area contributed by atoms with Crippen LogP contribution in [0, 0.1) is 6.92 Å². The molecule has 0 aliphatic heterocycles. The van der Waals surface area contributed by atoms with Gasteiger partial charge >= 0.3 is 0 Å². The summed E-state index contributed by atoms with van der Waals surface area (Å²) in [5.74, 6) is 2.98. The Morgan fingerprint density at radius 1 is 1.21 bits per heavy atom. The Kier molecular flexibility index (Phi) is 5.02. The van der Waals surface area contributed by atoms with Crippen molar-refractivity contribution in [3.05, 3.63) is 47.5 Å². The molecule has 0 saturated carbocycles. The molecule has 3 nitrogen and oxygen atoms in total. The monoisotopic (exact) mass is 275 g/mol. The Hall–Kier alpha value is -1.29. The molecule has 1 heterocycles. The van der Waals surface area contributed by atoms with Crippen molar-refractivity contribution in [2.24, 2.45) is 7.05 Å². The van der Waals surface area contributed by atoms with E-state index in [1.807, 2.05) is 25.7 Å². The first-order valence-electron chi connectivity index (χ1n) is 6.67. The Labute approximate surface area is 119 Å². The van der Waals surface area contributed by atoms with Crippen LogP contribution < -0.4 is 0 Å². The predicted octanol–water partition coefficient (Wildman–Crippen LogP) is 3.38. The van der Waals surface area contributed by atoms with Crippen LogP contribution in [0.1, 0.15) is 30.6 Å². The maximum atomic E-state index is 4.20. The lowest BCUT2D eigenvalue weighted by Crippen LogP contribution is -2.03. The minimum absolute atomic E-state index is 0.636. The van der Waals surface area contributed by atoms with Gasteiger partial charge in [0.1, 0.15) is 11.6 Å². The largest absolute Gasteiger partial charge is 0.318 e. The van der Waals surface area contributed by atoms with Crippen LogP contribution in [0.5, 0.6) is 0 Å². The maximum Gasteiger partial charge on any atom is 0.142 e. The van der Waals surface area contributed by atoms with E-state index in [-0.39, 0.29) is 0 Å². The summed E-state index contributed by atoms with van der Waals surface area (Å²) < 4.78 is 2.07. The van der Waals surface area contributed by atoms with Crippen molar-refractivity contribution >= 4 is 11.8 Å². The SMILES string of the molecule is Cc1nnc(CS[C@@H](C)CCc2ccccc2)n1C. The molecule has 0 N–H and O–H groups in total. The smallest absolute Gasteiger partial charge is 0.142 e. The topological polar surface area (TPSA) is 30.7 Å². The zero-order chi connectivity index (χ0) is 13.7. The first-order chi connectivity index (χ1) is 9.16. The van der Waals surface area contributed by atoms with E-state index in [4.69, 9.17) is 0 Å². The second kappa shape index (κ2) is 6.75. The van der Waals surface area contributed by atoms with Crippen LogP contribution in [0.2, 0.25) is 0 Å². The number of hydrogen-bond donors (Lipinski definition) is 0. The highest BCUT2D eigenvalue weighted by Gasteiger charge is 2.08. The normalized spacial score (nSPS) is 12.6. The molecule has 0 saturated heterocycles. The molecule has 0 radical (unpaired) electrons. The van der Waals surface area contributed by atoms with E-state index in [1.165, 1.54) is 12.0 Å². The van der Waals surface area contributed by atoms with Crippen molar-refractivity contribution in [2.75, 3.05) is 0 Å². The number of thioether (sulfide) groups is 1. The summed E-state index contributed by atoms with van der Waals surface area (Å²) in [5.41, 5.74) is 1.42. The summed E-state index contributed by atoms with van der Waals surface area (Å²) in [4.78, 5) is 0. The van der Waals surface area contributed by atoms with Gasteiger partial charge in [-0.25, -0.2) is 0 Å². The fourth-order valence-electron chi connectivity index (χ4n) is 1.89. The number of rotatable bonds is 6. The van der Waals surface area contributed by atoms with Crippen molar-refractivity contribution in [3.8, 4) is 0 Å². The standard InChI is InChI=1S/C15H21N3S/c1-12(9-10-14-7-5-4-6-8-14)19-11-15-17-16-13(2)18(15)3/h4-8,12H,9-11H2,1-3H3/t12-/m0/s1. The van der Waals surface area contributed by atoms with Gasteiger partial charge in [0.05, 0.1) is 5.75 Å². The van der Waals surface area contributed by atoms with Gasteiger partial charge < -0.3 is 4.57 Å². The third-order valence-corrected chi connectivity index (χ3v) is 4.59. The molecular formula is C15H21N3S. The number of aryl methyl sites for hydroxylation is 2. The molecule has 0 unspecified atom stereocenters.